The highest BCUT2D eigenvalue weighted by Gasteiger charge is 2.31. The lowest BCUT2D eigenvalue weighted by atomic mass is 9.91. The molecule has 20 heavy (non-hydrogen) atoms. The van der Waals surface area contributed by atoms with Crippen molar-refractivity contribution in [1.82, 2.24) is 4.90 Å². The molecule has 1 aliphatic heterocycles. The van der Waals surface area contributed by atoms with Crippen molar-refractivity contribution >= 4 is 50.0 Å². The van der Waals surface area contributed by atoms with Crippen molar-refractivity contribution in [2.24, 2.45) is 0 Å². The first-order valence-electron chi connectivity index (χ1n) is 6.79. The van der Waals surface area contributed by atoms with Crippen molar-refractivity contribution in [3.05, 3.63) is 26.6 Å². The average molecular weight is 427 g/mol. The Morgan fingerprint density at radius 3 is 2.70 bits per heavy atom. The third kappa shape index (κ3) is 3.33. The third-order valence-corrected chi connectivity index (χ3v) is 5.22. The van der Waals surface area contributed by atoms with Crippen molar-refractivity contribution < 1.29 is 5.11 Å². The van der Waals surface area contributed by atoms with Gasteiger partial charge in [0, 0.05) is 21.5 Å². The maximum Gasteiger partial charge on any atom is 0.0696 e. The molecule has 0 spiro atoms. The van der Waals surface area contributed by atoms with Crippen LogP contribution in [-0.2, 0) is 6.54 Å². The van der Waals surface area contributed by atoms with Gasteiger partial charge in [0.15, 0.2) is 0 Å². The molecule has 3 rings (SSSR count). The van der Waals surface area contributed by atoms with Gasteiger partial charge in [-0.3, -0.25) is 4.90 Å². The fourth-order valence-corrected chi connectivity index (χ4v) is 4.61. The lowest BCUT2D eigenvalue weighted by molar-refractivity contribution is 0.0176. The van der Waals surface area contributed by atoms with E-state index in [9.17, 15) is 5.11 Å². The van der Waals surface area contributed by atoms with Crippen LogP contribution in [0.2, 0.25) is 0 Å². The zero-order chi connectivity index (χ0) is 13.4. The molecule has 2 unspecified atom stereocenters. The summed E-state index contributed by atoms with van der Waals surface area (Å²) in [6.07, 6.45) is 4.26. The molecule has 1 aliphatic carbocycles. The molecular weight excluding hydrogens is 407 g/mol. The Morgan fingerprint density at radius 1 is 1.20 bits per heavy atom. The smallest absolute Gasteiger partial charge is 0.0696 e. The summed E-state index contributed by atoms with van der Waals surface area (Å²) in [5.41, 5.74) is 2.47. The fourth-order valence-electron chi connectivity index (χ4n) is 3.16. The zero-order valence-corrected chi connectivity index (χ0v) is 15.1. The van der Waals surface area contributed by atoms with Gasteiger partial charge in [0.1, 0.15) is 0 Å². The van der Waals surface area contributed by atoms with Gasteiger partial charge in [-0.1, -0.05) is 28.8 Å². The monoisotopic (exact) mass is 424 g/mol. The van der Waals surface area contributed by atoms with Crippen LogP contribution in [0, 0.1) is 0 Å². The SMILES string of the molecule is Cl.OC1CCCCC1N1CNc2c(Br)cc(Br)cc2C1. The number of nitrogens with zero attached hydrogens (tertiary/aromatic N) is 1. The summed E-state index contributed by atoms with van der Waals surface area (Å²) < 4.78 is 2.19. The van der Waals surface area contributed by atoms with E-state index in [1.54, 1.807) is 0 Å². The Bertz CT molecular complexity index is 486. The van der Waals surface area contributed by atoms with Crippen molar-refractivity contribution in [3.8, 4) is 0 Å². The number of fused-ring (bicyclic) bond motifs is 1. The van der Waals surface area contributed by atoms with Crippen molar-refractivity contribution in [3.63, 3.8) is 0 Å². The van der Waals surface area contributed by atoms with E-state index in [1.165, 1.54) is 17.7 Å². The van der Waals surface area contributed by atoms with E-state index in [4.69, 9.17) is 0 Å². The van der Waals surface area contributed by atoms with Crippen molar-refractivity contribution in [2.45, 2.75) is 44.4 Å². The summed E-state index contributed by atoms with van der Waals surface area (Å²) in [6.45, 7) is 1.72. The summed E-state index contributed by atoms with van der Waals surface area (Å²) >= 11 is 7.14. The number of rotatable bonds is 1. The Hall–Kier alpha value is 0.190. The quantitative estimate of drug-likeness (QED) is 0.709. The van der Waals surface area contributed by atoms with Crippen LogP contribution in [0.1, 0.15) is 31.2 Å². The molecule has 112 valence electrons. The second-order valence-electron chi connectivity index (χ2n) is 5.42. The van der Waals surface area contributed by atoms with Crippen LogP contribution < -0.4 is 5.32 Å². The predicted octanol–water partition coefficient (Wildman–Crippen LogP) is 4.12. The van der Waals surface area contributed by atoms with Crippen molar-refractivity contribution in [1.29, 1.82) is 0 Å². The molecule has 0 bridgehead atoms. The fraction of sp³-hybridized carbons (Fsp3) is 0.571. The first kappa shape index (κ1) is 16.6. The Balaban J connectivity index is 0.00000147. The molecule has 0 saturated heterocycles. The van der Waals surface area contributed by atoms with E-state index in [0.717, 1.165) is 41.4 Å². The molecular formula is C14H19Br2ClN2O. The van der Waals surface area contributed by atoms with E-state index in [2.05, 4.69) is 54.2 Å². The molecule has 0 amide bonds. The minimum atomic E-state index is -0.173. The van der Waals surface area contributed by atoms with Crippen LogP contribution in [-0.4, -0.2) is 28.8 Å². The lowest BCUT2D eigenvalue weighted by Gasteiger charge is -2.40. The van der Waals surface area contributed by atoms with Gasteiger partial charge in [-0.15, -0.1) is 12.4 Å². The van der Waals surface area contributed by atoms with Gasteiger partial charge >= 0.3 is 0 Å². The summed E-state index contributed by atoms with van der Waals surface area (Å²) in [4.78, 5) is 2.37. The normalized spacial score (nSPS) is 26.4. The minimum absolute atomic E-state index is 0. The average Bonchev–Trinajstić information content (AvgIpc) is 2.38. The van der Waals surface area contributed by atoms with Gasteiger partial charge in [-0.05, 0) is 46.5 Å². The molecule has 2 atom stereocenters. The summed E-state index contributed by atoms with van der Waals surface area (Å²) in [5.74, 6) is 0. The number of nitrogens with one attached hydrogen (secondary N) is 1. The van der Waals surface area contributed by atoms with E-state index in [1.807, 2.05) is 0 Å². The summed E-state index contributed by atoms with van der Waals surface area (Å²) in [5, 5.41) is 13.7. The third-order valence-electron chi connectivity index (χ3n) is 4.13. The number of halogens is 3. The largest absolute Gasteiger partial charge is 0.391 e. The van der Waals surface area contributed by atoms with Gasteiger partial charge in [0.2, 0.25) is 0 Å². The van der Waals surface area contributed by atoms with E-state index < -0.39 is 0 Å². The van der Waals surface area contributed by atoms with Crippen LogP contribution in [0.3, 0.4) is 0 Å². The topological polar surface area (TPSA) is 35.5 Å². The molecule has 1 saturated carbocycles. The zero-order valence-electron chi connectivity index (χ0n) is 11.1. The van der Waals surface area contributed by atoms with Gasteiger partial charge in [0.05, 0.1) is 18.5 Å². The number of hydrogen-bond acceptors (Lipinski definition) is 3. The van der Waals surface area contributed by atoms with Crippen molar-refractivity contribution in [2.75, 3.05) is 12.0 Å². The lowest BCUT2D eigenvalue weighted by Crippen LogP contribution is -2.48. The second-order valence-corrected chi connectivity index (χ2v) is 7.19. The molecule has 0 radical (unpaired) electrons. The molecule has 0 aromatic heterocycles. The number of anilines is 1. The summed E-state index contributed by atoms with van der Waals surface area (Å²) in [7, 11) is 0. The Morgan fingerprint density at radius 2 is 1.95 bits per heavy atom. The van der Waals surface area contributed by atoms with Crippen LogP contribution in [0.5, 0.6) is 0 Å². The van der Waals surface area contributed by atoms with Gasteiger partial charge in [-0.25, -0.2) is 0 Å². The molecule has 2 aliphatic rings. The molecule has 6 heteroatoms. The van der Waals surface area contributed by atoms with E-state index in [-0.39, 0.29) is 18.5 Å². The number of aliphatic hydroxyl groups is 1. The Labute approximate surface area is 142 Å². The number of hydrogen-bond donors (Lipinski definition) is 2. The van der Waals surface area contributed by atoms with Crippen LogP contribution in [0.4, 0.5) is 5.69 Å². The molecule has 1 aromatic rings. The van der Waals surface area contributed by atoms with Crippen LogP contribution in [0.15, 0.2) is 21.1 Å². The van der Waals surface area contributed by atoms with Gasteiger partial charge < -0.3 is 10.4 Å². The molecule has 1 aromatic carbocycles. The predicted molar refractivity (Wildman–Crippen MR) is 91.4 cm³/mol. The highest BCUT2D eigenvalue weighted by Crippen LogP contribution is 2.35. The highest BCUT2D eigenvalue weighted by molar-refractivity contribution is 9.11. The molecule has 2 N–H and O–H groups in total. The highest BCUT2D eigenvalue weighted by atomic mass is 79.9. The van der Waals surface area contributed by atoms with Gasteiger partial charge in [-0.2, -0.15) is 0 Å². The molecule has 1 fully saturated rings. The van der Waals surface area contributed by atoms with Crippen LogP contribution >= 0.6 is 44.3 Å². The Kier molecular flexibility index (Phi) is 5.77. The van der Waals surface area contributed by atoms with Gasteiger partial charge in [0.25, 0.3) is 0 Å². The maximum absolute atomic E-state index is 10.2. The standard InChI is InChI=1S/C14H18Br2N2O.ClH/c15-10-5-9-7-18(8-17-14(9)11(16)6-10)12-3-1-2-4-13(12)19;/h5-6,12-13,17,19H,1-4,7-8H2;1H. The summed E-state index contributed by atoms with van der Waals surface area (Å²) in [6, 6.07) is 4.53. The maximum atomic E-state index is 10.2. The van der Waals surface area contributed by atoms with E-state index >= 15 is 0 Å². The molecule has 3 nitrogen and oxygen atoms in total. The number of aliphatic hydroxyl groups excluding tert-OH is 1. The minimum Gasteiger partial charge on any atom is -0.391 e. The van der Waals surface area contributed by atoms with Crippen LogP contribution in [0.25, 0.3) is 0 Å². The van der Waals surface area contributed by atoms with E-state index in [0.29, 0.717) is 6.04 Å². The first-order valence-corrected chi connectivity index (χ1v) is 8.37. The number of benzene rings is 1. The molecule has 1 heterocycles. The first-order chi connectivity index (χ1) is 9.15. The second kappa shape index (κ2) is 6.97.